The summed E-state index contributed by atoms with van der Waals surface area (Å²) in [6.45, 7) is 14.3. The van der Waals surface area contributed by atoms with Crippen molar-refractivity contribution in [3.05, 3.63) is 76.7 Å². The number of fused-ring (bicyclic) bond motifs is 1. The molecule has 1 saturated heterocycles. The van der Waals surface area contributed by atoms with Crippen molar-refractivity contribution in [2.45, 2.75) is 83.7 Å². The first-order valence-corrected chi connectivity index (χ1v) is 14.5. The smallest absolute Gasteiger partial charge is 0.231 e. The fourth-order valence-corrected chi connectivity index (χ4v) is 5.97. The number of nitrogens with zero attached hydrogens (tertiary/aromatic N) is 3. The highest BCUT2D eigenvalue weighted by Gasteiger charge is 2.37. The van der Waals surface area contributed by atoms with Gasteiger partial charge in [0.15, 0.2) is 5.96 Å². The molecule has 7 nitrogen and oxygen atoms in total. The molecule has 7 heteroatoms. The van der Waals surface area contributed by atoms with Gasteiger partial charge in [0, 0.05) is 18.7 Å². The van der Waals surface area contributed by atoms with Gasteiger partial charge in [-0.05, 0) is 71.3 Å². The molecule has 1 atom stereocenters. The number of rotatable bonds is 8. The van der Waals surface area contributed by atoms with Gasteiger partial charge in [0.05, 0.1) is 19.1 Å². The lowest BCUT2D eigenvalue weighted by Gasteiger charge is -2.42. The summed E-state index contributed by atoms with van der Waals surface area (Å²) in [6, 6.07) is 15.2. The number of nitrogens with two attached hydrogens (primary N) is 1. The molecule has 2 aliphatic rings. The van der Waals surface area contributed by atoms with E-state index in [2.05, 4.69) is 81.2 Å². The zero-order chi connectivity index (χ0) is 28.5. The van der Waals surface area contributed by atoms with Crippen molar-refractivity contribution in [1.82, 2.24) is 15.0 Å². The predicted molar refractivity (Wildman–Crippen MR) is 160 cm³/mol. The molecule has 2 heterocycles. The number of likely N-dealkylation sites (tertiary alicyclic amines) is 1. The fourth-order valence-electron chi connectivity index (χ4n) is 5.97. The Morgan fingerprint density at radius 2 is 1.82 bits per heavy atom. The highest BCUT2D eigenvalue weighted by molar-refractivity contribution is 5.75. The summed E-state index contributed by atoms with van der Waals surface area (Å²) in [4.78, 5) is 6.45. The predicted octanol–water partition coefficient (Wildman–Crippen LogP) is 6.78. The van der Waals surface area contributed by atoms with E-state index >= 15 is 0 Å². The lowest BCUT2D eigenvalue weighted by atomic mass is 9.63. The van der Waals surface area contributed by atoms with Crippen LogP contribution in [-0.2, 0) is 22.2 Å². The Balaban J connectivity index is 1.12. The summed E-state index contributed by atoms with van der Waals surface area (Å²) < 4.78 is 11.6. The van der Waals surface area contributed by atoms with E-state index in [9.17, 15) is 0 Å². The Bertz CT molecular complexity index is 1390. The number of hydrogen-bond acceptors (Lipinski definition) is 5. The average molecular weight is 542 g/mol. The van der Waals surface area contributed by atoms with E-state index in [-0.39, 0.29) is 22.7 Å². The lowest BCUT2D eigenvalue weighted by Crippen LogP contribution is -2.34. The van der Waals surface area contributed by atoms with Gasteiger partial charge in [0.2, 0.25) is 11.7 Å². The maximum Gasteiger partial charge on any atom is 0.231 e. The number of ether oxygens (including phenoxy) is 1. The van der Waals surface area contributed by atoms with Gasteiger partial charge in [-0.1, -0.05) is 81.4 Å². The number of aromatic nitrogens is 2. The quantitative estimate of drug-likeness (QED) is 0.185. The maximum atomic E-state index is 7.61. The molecule has 40 heavy (non-hydrogen) atoms. The minimum Gasteiger partial charge on any atom is -0.376 e. The molecule has 3 N–H and O–H groups in total. The van der Waals surface area contributed by atoms with E-state index in [0.29, 0.717) is 31.5 Å². The van der Waals surface area contributed by atoms with Crippen LogP contribution in [-0.4, -0.2) is 40.7 Å². The third kappa shape index (κ3) is 5.99. The van der Waals surface area contributed by atoms with Crippen LogP contribution in [0.1, 0.15) is 94.4 Å². The Morgan fingerprint density at radius 3 is 2.52 bits per heavy atom. The fraction of sp³-hybridized carbons (Fsp3) is 0.485. The summed E-state index contributed by atoms with van der Waals surface area (Å²) in [5.41, 5.74) is 13.6. The van der Waals surface area contributed by atoms with Crippen LogP contribution in [0.2, 0.25) is 0 Å². The van der Waals surface area contributed by atoms with Crippen molar-refractivity contribution in [2.24, 2.45) is 5.73 Å². The van der Waals surface area contributed by atoms with Crippen molar-refractivity contribution in [1.29, 1.82) is 5.41 Å². The van der Waals surface area contributed by atoms with E-state index < -0.39 is 0 Å². The minimum atomic E-state index is 0.0931. The standard InChI is InChI=1S/C33H43N5O2/c1-22(7-6-18-39-21-23-8-13-27-28(19-23)33(4,5)16-15-32(27,2)3)24-9-11-25(12-10-24)29-36-30(40-37-29)26-14-17-38(20-26)31(34)35/h7-13,19,26H,6,14-18,20-21H2,1-5H3,(H3,34,35)/b22-7+/t26-/m1/s1. The van der Waals surface area contributed by atoms with Gasteiger partial charge in [-0.25, -0.2) is 0 Å². The van der Waals surface area contributed by atoms with Gasteiger partial charge in [-0.3, -0.25) is 5.41 Å². The van der Waals surface area contributed by atoms with E-state index in [4.69, 9.17) is 20.4 Å². The second-order valence-electron chi connectivity index (χ2n) is 12.7. The van der Waals surface area contributed by atoms with Crippen LogP contribution in [0.15, 0.2) is 53.1 Å². The molecule has 0 bridgehead atoms. The molecule has 1 aromatic heterocycles. The van der Waals surface area contributed by atoms with E-state index in [1.165, 1.54) is 40.7 Å². The molecule has 2 aromatic carbocycles. The average Bonchev–Trinajstić information content (AvgIpc) is 3.62. The molecule has 1 fully saturated rings. The van der Waals surface area contributed by atoms with Crippen LogP contribution >= 0.6 is 0 Å². The van der Waals surface area contributed by atoms with Crippen LogP contribution < -0.4 is 5.73 Å². The van der Waals surface area contributed by atoms with Crippen molar-refractivity contribution < 1.29 is 9.26 Å². The molecule has 0 unspecified atom stereocenters. The van der Waals surface area contributed by atoms with Gasteiger partial charge >= 0.3 is 0 Å². The Morgan fingerprint density at radius 1 is 1.10 bits per heavy atom. The second kappa shape index (κ2) is 11.2. The van der Waals surface area contributed by atoms with Gasteiger partial charge in [-0.2, -0.15) is 4.98 Å². The summed E-state index contributed by atoms with van der Waals surface area (Å²) in [7, 11) is 0. The van der Waals surface area contributed by atoms with Crippen molar-refractivity contribution in [3.63, 3.8) is 0 Å². The topological polar surface area (TPSA) is 101 Å². The molecule has 1 aliphatic carbocycles. The maximum absolute atomic E-state index is 7.61. The van der Waals surface area contributed by atoms with Gasteiger partial charge in [0.25, 0.3) is 0 Å². The van der Waals surface area contributed by atoms with E-state index in [1.807, 2.05) is 17.0 Å². The van der Waals surface area contributed by atoms with Crippen LogP contribution in [0.25, 0.3) is 17.0 Å². The molecule has 0 radical (unpaired) electrons. The summed E-state index contributed by atoms with van der Waals surface area (Å²) in [5.74, 6) is 1.41. The third-order valence-electron chi connectivity index (χ3n) is 8.82. The molecule has 5 rings (SSSR count). The second-order valence-corrected chi connectivity index (χ2v) is 12.7. The number of hydrogen-bond donors (Lipinski definition) is 2. The van der Waals surface area contributed by atoms with Crippen molar-refractivity contribution in [3.8, 4) is 11.4 Å². The summed E-state index contributed by atoms with van der Waals surface area (Å²) in [5, 5.41) is 11.8. The normalized spacial score (nSPS) is 20.0. The van der Waals surface area contributed by atoms with E-state index in [1.54, 1.807) is 0 Å². The first-order valence-electron chi connectivity index (χ1n) is 14.5. The SMILES string of the molecule is C/C(=C\CCOCc1ccc2c(c1)C(C)(C)CCC2(C)C)c1ccc(-c2noc([C@@H]3CCN(C(=N)N)C3)n2)cc1. The molecular formula is C33H43N5O2. The molecule has 0 spiro atoms. The monoisotopic (exact) mass is 541 g/mol. The van der Waals surface area contributed by atoms with Gasteiger partial charge in [0.1, 0.15) is 0 Å². The van der Waals surface area contributed by atoms with Crippen LogP contribution in [0.3, 0.4) is 0 Å². The lowest BCUT2D eigenvalue weighted by molar-refractivity contribution is 0.125. The molecule has 1 aliphatic heterocycles. The highest BCUT2D eigenvalue weighted by atomic mass is 16.5. The molecule has 0 amide bonds. The third-order valence-corrected chi connectivity index (χ3v) is 8.82. The molecular weight excluding hydrogens is 498 g/mol. The Labute approximate surface area is 238 Å². The van der Waals surface area contributed by atoms with E-state index in [0.717, 1.165) is 24.9 Å². The van der Waals surface area contributed by atoms with Crippen LogP contribution in [0.4, 0.5) is 0 Å². The number of nitrogens with one attached hydrogen (secondary N) is 1. The van der Waals surface area contributed by atoms with Crippen molar-refractivity contribution in [2.75, 3.05) is 19.7 Å². The largest absolute Gasteiger partial charge is 0.376 e. The zero-order valence-electron chi connectivity index (χ0n) is 24.6. The number of allylic oxidation sites excluding steroid dienone is 1. The first kappa shape index (κ1) is 28.1. The highest BCUT2D eigenvalue weighted by Crippen LogP contribution is 2.46. The number of guanidine groups is 1. The zero-order valence-corrected chi connectivity index (χ0v) is 24.6. The van der Waals surface area contributed by atoms with Gasteiger partial charge in [-0.15, -0.1) is 0 Å². The Kier molecular flexibility index (Phi) is 7.87. The molecule has 3 aromatic rings. The molecule has 0 saturated carbocycles. The van der Waals surface area contributed by atoms with Crippen LogP contribution in [0, 0.1) is 5.41 Å². The van der Waals surface area contributed by atoms with Crippen molar-refractivity contribution >= 4 is 11.5 Å². The number of benzene rings is 2. The Hall–Kier alpha value is -3.45. The summed E-state index contributed by atoms with van der Waals surface area (Å²) in [6.07, 6.45) is 6.42. The minimum absolute atomic E-state index is 0.0931. The summed E-state index contributed by atoms with van der Waals surface area (Å²) >= 11 is 0. The van der Waals surface area contributed by atoms with Gasteiger partial charge < -0.3 is 19.9 Å². The van der Waals surface area contributed by atoms with Crippen LogP contribution in [0.5, 0.6) is 0 Å². The molecule has 212 valence electrons. The first-order chi connectivity index (χ1) is 19.0.